The summed E-state index contributed by atoms with van der Waals surface area (Å²) in [5.41, 5.74) is 2.23. The number of rotatable bonds is 3. The minimum absolute atomic E-state index is 0.111. The molecule has 6 heteroatoms. The average molecular weight is 284 g/mol. The lowest BCUT2D eigenvalue weighted by Crippen LogP contribution is -2.35. The number of fused-ring (bicyclic) bond motifs is 1. The lowest BCUT2D eigenvalue weighted by Gasteiger charge is -2.24. The van der Waals surface area contributed by atoms with Gasteiger partial charge in [0.2, 0.25) is 11.8 Å². The Bertz CT molecular complexity index is 678. The fourth-order valence-corrected chi connectivity index (χ4v) is 2.70. The molecule has 2 N–H and O–H groups in total. The van der Waals surface area contributed by atoms with E-state index < -0.39 is 0 Å². The molecule has 1 atom stereocenters. The Balaban J connectivity index is 1.52. The summed E-state index contributed by atoms with van der Waals surface area (Å²) in [6, 6.07) is 8.19. The van der Waals surface area contributed by atoms with Gasteiger partial charge in [0, 0.05) is 19.0 Å². The van der Waals surface area contributed by atoms with Crippen molar-refractivity contribution in [2.75, 3.05) is 11.9 Å². The molecule has 0 bridgehead atoms. The van der Waals surface area contributed by atoms with Gasteiger partial charge in [-0.05, 0) is 24.0 Å². The first-order valence-electron chi connectivity index (χ1n) is 7.24. The Labute approximate surface area is 121 Å². The minimum Gasteiger partial charge on any atom is -0.408 e. The van der Waals surface area contributed by atoms with E-state index in [1.807, 2.05) is 24.3 Å². The monoisotopic (exact) mass is 284 g/mol. The van der Waals surface area contributed by atoms with Crippen molar-refractivity contribution >= 4 is 11.9 Å². The van der Waals surface area contributed by atoms with Gasteiger partial charge in [-0.1, -0.05) is 29.4 Å². The number of carbonyl (C=O) groups excluding carboxylic acids is 1. The van der Waals surface area contributed by atoms with Crippen LogP contribution in [0.4, 0.5) is 6.01 Å². The average Bonchev–Trinajstić information content (AvgIpc) is 3.27. The normalized spacial score (nSPS) is 20.9. The second kappa shape index (κ2) is 4.96. The largest absolute Gasteiger partial charge is 0.408 e. The molecule has 0 saturated heterocycles. The van der Waals surface area contributed by atoms with Crippen LogP contribution in [0.25, 0.3) is 0 Å². The second-order valence-electron chi connectivity index (χ2n) is 5.59. The van der Waals surface area contributed by atoms with E-state index in [1.165, 1.54) is 0 Å². The SMILES string of the molecule is O=C(Nc1nnc(C2CC2)o1)C1CNCc2ccccc21. The van der Waals surface area contributed by atoms with Crippen LogP contribution in [0.1, 0.15) is 41.7 Å². The predicted molar refractivity (Wildman–Crippen MR) is 75.8 cm³/mol. The van der Waals surface area contributed by atoms with Gasteiger partial charge in [-0.2, -0.15) is 0 Å². The van der Waals surface area contributed by atoms with Crippen LogP contribution in [0.15, 0.2) is 28.7 Å². The highest BCUT2D eigenvalue weighted by Crippen LogP contribution is 2.39. The number of hydrogen-bond donors (Lipinski definition) is 2. The molecule has 1 aliphatic heterocycles. The summed E-state index contributed by atoms with van der Waals surface area (Å²) < 4.78 is 5.48. The molecule has 6 nitrogen and oxygen atoms in total. The first kappa shape index (κ1) is 12.5. The van der Waals surface area contributed by atoms with E-state index in [4.69, 9.17) is 4.42 Å². The lowest BCUT2D eigenvalue weighted by atomic mass is 9.90. The maximum Gasteiger partial charge on any atom is 0.322 e. The van der Waals surface area contributed by atoms with Gasteiger partial charge >= 0.3 is 6.01 Å². The van der Waals surface area contributed by atoms with Crippen LogP contribution in [-0.4, -0.2) is 22.6 Å². The van der Waals surface area contributed by atoms with Crippen molar-refractivity contribution in [2.45, 2.75) is 31.2 Å². The standard InChI is InChI=1S/C15H16N4O2/c20-13(17-15-19-18-14(21-15)9-5-6-9)12-8-16-7-10-3-1-2-4-11(10)12/h1-4,9,12,16H,5-8H2,(H,17,19,20). The first-order valence-corrected chi connectivity index (χ1v) is 7.24. The maximum absolute atomic E-state index is 12.4. The van der Waals surface area contributed by atoms with Gasteiger partial charge in [0.1, 0.15) is 0 Å². The van der Waals surface area contributed by atoms with Crippen LogP contribution in [0.5, 0.6) is 0 Å². The summed E-state index contributed by atoms with van der Waals surface area (Å²) in [4.78, 5) is 12.4. The summed E-state index contributed by atoms with van der Waals surface area (Å²) in [6.07, 6.45) is 2.19. The van der Waals surface area contributed by atoms with Gasteiger partial charge in [-0.15, -0.1) is 5.10 Å². The molecule has 1 fully saturated rings. The molecule has 1 aromatic carbocycles. The number of aromatic nitrogens is 2. The number of nitrogens with one attached hydrogen (secondary N) is 2. The van der Waals surface area contributed by atoms with Gasteiger partial charge < -0.3 is 9.73 Å². The third-order valence-corrected chi connectivity index (χ3v) is 4.01. The molecule has 0 radical (unpaired) electrons. The highest BCUT2D eigenvalue weighted by atomic mass is 16.4. The van der Waals surface area contributed by atoms with Crippen molar-refractivity contribution in [3.05, 3.63) is 41.3 Å². The molecular formula is C15H16N4O2. The van der Waals surface area contributed by atoms with Crippen LogP contribution in [-0.2, 0) is 11.3 Å². The van der Waals surface area contributed by atoms with Crippen LogP contribution in [0, 0.1) is 0 Å². The van der Waals surface area contributed by atoms with Gasteiger partial charge in [0.25, 0.3) is 0 Å². The van der Waals surface area contributed by atoms with E-state index in [0.29, 0.717) is 18.4 Å². The third kappa shape index (κ3) is 2.42. The number of anilines is 1. The Morgan fingerprint density at radius 2 is 2.14 bits per heavy atom. The van der Waals surface area contributed by atoms with Crippen molar-refractivity contribution in [1.82, 2.24) is 15.5 Å². The summed E-state index contributed by atoms with van der Waals surface area (Å²) in [5, 5.41) is 13.9. The molecule has 1 saturated carbocycles. The van der Waals surface area contributed by atoms with Gasteiger partial charge in [-0.25, -0.2) is 0 Å². The summed E-state index contributed by atoms with van der Waals surface area (Å²) in [6.45, 7) is 1.42. The molecule has 2 aromatic rings. The molecule has 21 heavy (non-hydrogen) atoms. The summed E-state index contributed by atoms with van der Waals surface area (Å²) in [7, 11) is 0. The second-order valence-corrected chi connectivity index (χ2v) is 5.59. The topological polar surface area (TPSA) is 80.1 Å². The van der Waals surface area contributed by atoms with Crippen molar-refractivity contribution < 1.29 is 9.21 Å². The van der Waals surface area contributed by atoms with Gasteiger partial charge in [-0.3, -0.25) is 10.1 Å². The van der Waals surface area contributed by atoms with E-state index in [-0.39, 0.29) is 17.8 Å². The summed E-state index contributed by atoms with van der Waals surface area (Å²) in [5.74, 6) is 0.680. The fourth-order valence-electron chi connectivity index (χ4n) is 2.70. The molecule has 2 aliphatic rings. The number of benzene rings is 1. The first-order chi connectivity index (χ1) is 10.3. The van der Waals surface area contributed by atoms with Gasteiger partial charge in [0.15, 0.2) is 0 Å². The zero-order chi connectivity index (χ0) is 14.2. The number of carbonyl (C=O) groups is 1. The molecule has 1 unspecified atom stereocenters. The Kier molecular flexibility index (Phi) is 2.96. The van der Waals surface area contributed by atoms with E-state index in [2.05, 4.69) is 20.8 Å². The van der Waals surface area contributed by atoms with Crippen molar-refractivity contribution in [3.63, 3.8) is 0 Å². The molecule has 4 rings (SSSR count). The van der Waals surface area contributed by atoms with E-state index in [9.17, 15) is 4.79 Å². The maximum atomic E-state index is 12.4. The van der Waals surface area contributed by atoms with E-state index >= 15 is 0 Å². The summed E-state index contributed by atoms with van der Waals surface area (Å²) >= 11 is 0. The van der Waals surface area contributed by atoms with Crippen LogP contribution >= 0.6 is 0 Å². The molecule has 1 aliphatic carbocycles. The van der Waals surface area contributed by atoms with Crippen LogP contribution < -0.4 is 10.6 Å². The lowest BCUT2D eigenvalue weighted by molar-refractivity contribution is -0.117. The zero-order valence-corrected chi connectivity index (χ0v) is 11.5. The molecule has 108 valence electrons. The Morgan fingerprint density at radius 1 is 1.29 bits per heavy atom. The molecule has 0 spiro atoms. The van der Waals surface area contributed by atoms with Crippen LogP contribution in [0.2, 0.25) is 0 Å². The predicted octanol–water partition coefficient (Wildman–Crippen LogP) is 1.77. The van der Waals surface area contributed by atoms with Crippen molar-refractivity contribution in [3.8, 4) is 0 Å². The highest BCUT2D eigenvalue weighted by Gasteiger charge is 2.31. The number of hydrogen-bond acceptors (Lipinski definition) is 5. The Hall–Kier alpha value is -2.21. The molecule has 1 amide bonds. The minimum atomic E-state index is -0.230. The molecular weight excluding hydrogens is 268 g/mol. The third-order valence-electron chi connectivity index (χ3n) is 4.01. The Morgan fingerprint density at radius 3 is 3.00 bits per heavy atom. The fraction of sp³-hybridized carbons (Fsp3) is 0.400. The van der Waals surface area contributed by atoms with Crippen molar-refractivity contribution in [2.24, 2.45) is 0 Å². The highest BCUT2D eigenvalue weighted by molar-refractivity contribution is 5.94. The molecule has 2 heterocycles. The van der Waals surface area contributed by atoms with E-state index in [1.54, 1.807) is 0 Å². The van der Waals surface area contributed by atoms with Crippen molar-refractivity contribution in [1.29, 1.82) is 0 Å². The number of amides is 1. The smallest absolute Gasteiger partial charge is 0.322 e. The van der Waals surface area contributed by atoms with Gasteiger partial charge in [0.05, 0.1) is 5.92 Å². The quantitative estimate of drug-likeness (QED) is 0.898. The van der Waals surface area contributed by atoms with Crippen LogP contribution in [0.3, 0.4) is 0 Å². The molecule has 1 aromatic heterocycles. The van der Waals surface area contributed by atoms with E-state index in [0.717, 1.165) is 30.5 Å². The zero-order valence-electron chi connectivity index (χ0n) is 11.5. The number of nitrogens with zero attached hydrogens (tertiary/aromatic N) is 2.